The highest BCUT2D eigenvalue weighted by atomic mass is 32.2. The van der Waals surface area contributed by atoms with E-state index >= 15 is 0 Å². The molecule has 1 saturated heterocycles. The van der Waals surface area contributed by atoms with Crippen molar-refractivity contribution in [3.05, 3.63) is 107 Å². The molecule has 172 valence electrons. The van der Waals surface area contributed by atoms with Crippen molar-refractivity contribution in [2.75, 3.05) is 4.90 Å². The molecule has 1 fully saturated rings. The van der Waals surface area contributed by atoms with Crippen LogP contribution in [-0.2, 0) is 4.79 Å². The van der Waals surface area contributed by atoms with Gasteiger partial charge in [0.15, 0.2) is 16.8 Å². The van der Waals surface area contributed by atoms with E-state index in [1.165, 1.54) is 30.5 Å². The van der Waals surface area contributed by atoms with Gasteiger partial charge >= 0.3 is 5.97 Å². The van der Waals surface area contributed by atoms with Crippen LogP contribution in [0.25, 0.3) is 17.4 Å². The normalized spacial score (nSPS) is 15.8. The molecule has 1 amide bonds. The number of nitrogens with zero attached hydrogens (tertiary/aromatic N) is 3. The molecule has 0 radical (unpaired) electrons. The number of aromatic carboxylic acids is 1. The van der Waals surface area contributed by atoms with E-state index in [1.807, 2.05) is 18.2 Å². The van der Waals surface area contributed by atoms with Crippen molar-refractivity contribution in [3.8, 4) is 11.3 Å². The van der Waals surface area contributed by atoms with E-state index in [4.69, 9.17) is 4.42 Å². The first-order chi connectivity index (χ1) is 17.0. The van der Waals surface area contributed by atoms with E-state index < -0.39 is 17.7 Å². The number of aliphatic imine (C=N–C) groups is 1. The number of carbonyl (C=O) groups excluding carboxylic acids is 1. The van der Waals surface area contributed by atoms with Gasteiger partial charge in [-0.1, -0.05) is 30.3 Å². The van der Waals surface area contributed by atoms with E-state index in [0.29, 0.717) is 22.8 Å². The Kier molecular flexibility index (Phi) is 5.99. The van der Waals surface area contributed by atoms with Gasteiger partial charge in [0.2, 0.25) is 0 Å². The summed E-state index contributed by atoms with van der Waals surface area (Å²) in [5.41, 5.74) is 1.32. The molecular formula is C26H16FN3O4S. The van der Waals surface area contributed by atoms with Gasteiger partial charge in [-0.3, -0.25) is 4.79 Å². The number of aromatic nitrogens is 1. The molecule has 2 aromatic heterocycles. The van der Waals surface area contributed by atoms with Gasteiger partial charge in [-0.05, 0) is 60.3 Å². The summed E-state index contributed by atoms with van der Waals surface area (Å²) in [5.74, 6) is -1.51. The highest BCUT2D eigenvalue weighted by Crippen LogP contribution is 2.38. The highest BCUT2D eigenvalue weighted by Gasteiger charge is 2.37. The molecular weight excluding hydrogens is 469 g/mol. The predicted octanol–water partition coefficient (Wildman–Crippen LogP) is 5.99. The number of anilines is 1. The number of rotatable bonds is 5. The number of carboxylic acid groups (broad SMARTS) is 1. The Bertz CT molecular complexity index is 1500. The van der Waals surface area contributed by atoms with Crippen molar-refractivity contribution < 1.29 is 23.5 Å². The third kappa shape index (κ3) is 4.62. The molecule has 9 heteroatoms. The van der Waals surface area contributed by atoms with Gasteiger partial charge in [-0.15, -0.1) is 0 Å². The van der Waals surface area contributed by atoms with Crippen LogP contribution in [0.5, 0.6) is 0 Å². The van der Waals surface area contributed by atoms with E-state index in [-0.39, 0.29) is 21.5 Å². The minimum Gasteiger partial charge on any atom is -0.478 e. The first-order valence-electron chi connectivity index (χ1n) is 10.4. The maximum atomic E-state index is 14.6. The Morgan fingerprint density at radius 2 is 1.89 bits per heavy atom. The van der Waals surface area contributed by atoms with Crippen LogP contribution in [0.3, 0.4) is 0 Å². The molecule has 3 heterocycles. The molecule has 0 saturated carbocycles. The van der Waals surface area contributed by atoms with E-state index in [2.05, 4.69) is 9.98 Å². The van der Waals surface area contributed by atoms with E-state index in [1.54, 1.807) is 42.5 Å². The van der Waals surface area contributed by atoms with Crippen LogP contribution in [0, 0.1) is 5.82 Å². The number of thioether (sulfide) groups is 1. The smallest absolute Gasteiger partial charge is 0.335 e. The van der Waals surface area contributed by atoms with Crippen LogP contribution in [-0.4, -0.2) is 27.1 Å². The summed E-state index contributed by atoms with van der Waals surface area (Å²) < 4.78 is 20.4. The number of benzene rings is 2. The monoisotopic (exact) mass is 485 g/mol. The lowest BCUT2D eigenvalue weighted by Crippen LogP contribution is -2.30. The van der Waals surface area contributed by atoms with Gasteiger partial charge in [0.05, 0.1) is 16.2 Å². The quantitative estimate of drug-likeness (QED) is 0.349. The minimum atomic E-state index is -1.04. The number of pyridine rings is 1. The molecule has 0 atom stereocenters. The summed E-state index contributed by atoms with van der Waals surface area (Å²) in [7, 11) is 0. The van der Waals surface area contributed by atoms with Gasteiger partial charge in [0.1, 0.15) is 11.5 Å². The van der Waals surface area contributed by atoms with Crippen LogP contribution < -0.4 is 4.90 Å². The molecule has 0 bridgehead atoms. The van der Waals surface area contributed by atoms with Gasteiger partial charge in [-0.2, -0.15) is 0 Å². The molecule has 7 nitrogen and oxygen atoms in total. The molecule has 0 aliphatic carbocycles. The molecule has 1 N–H and O–H groups in total. The summed E-state index contributed by atoms with van der Waals surface area (Å²) in [6.45, 7) is 0. The van der Waals surface area contributed by atoms with Crippen LogP contribution >= 0.6 is 11.8 Å². The van der Waals surface area contributed by atoms with Gasteiger partial charge in [-0.25, -0.2) is 24.1 Å². The lowest BCUT2D eigenvalue weighted by molar-refractivity contribution is -0.113. The maximum absolute atomic E-state index is 14.6. The number of carbonyl (C=O) groups is 2. The maximum Gasteiger partial charge on any atom is 0.335 e. The fourth-order valence-electron chi connectivity index (χ4n) is 3.41. The standard InChI is InChI=1S/C26H16FN3O4S/c27-20-10-5-13-28-23(20)30-24(31)22(35-26(30)29-18-8-2-1-3-9-18)15-19-11-12-21(34-19)16-6-4-7-17(14-16)25(32)33/h1-15H,(H,32,33)/b22-15-,29-26?. The first kappa shape index (κ1) is 22.3. The van der Waals surface area contributed by atoms with Crippen molar-refractivity contribution in [1.82, 2.24) is 4.98 Å². The number of hydrogen-bond acceptors (Lipinski definition) is 6. The van der Waals surface area contributed by atoms with Crippen molar-refractivity contribution in [1.29, 1.82) is 0 Å². The number of para-hydroxylation sites is 1. The Balaban J connectivity index is 1.51. The summed E-state index contributed by atoms with van der Waals surface area (Å²) in [6, 6.07) is 21.4. The molecule has 4 aromatic rings. The molecule has 5 rings (SSSR count). The lowest BCUT2D eigenvalue weighted by Gasteiger charge is -2.14. The fraction of sp³-hybridized carbons (Fsp3) is 0. The number of carboxylic acids is 1. The summed E-state index contributed by atoms with van der Waals surface area (Å²) in [4.78, 5) is 34.5. The second-order valence-electron chi connectivity index (χ2n) is 7.38. The highest BCUT2D eigenvalue weighted by molar-refractivity contribution is 8.19. The Morgan fingerprint density at radius 1 is 1.06 bits per heavy atom. The third-order valence-electron chi connectivity index (χ3n) is 5.03. The van der Waals surface area contributed by atoms with Gasteiger partial charge in [0, 0.05) is 17.8 Å². The zero-order valence-corrected chi connectivity index (χ0v) is 18.8. The van der Waals surface area contributed by atoms with Crippen LogP contribution in [0.2, 0.25) is 0 Å². The molecule has 0 unspecified atom stereocenters. The summed E-state index contributed by atoms with van der Waals surface area (Å²) >= 11 is 1.07. The number of amidine groups is 1. The zero-order valence-electron chi connectivity index (χ0n) is 18.0. The average molecular weight is 485 g/mol. The molecule has 2 aromatic carbocycles. The minimum absolute atomic E-state index is 0.134. The SMILES string of the molecule is O=C(O)c1cccc(-c2ccc(/C=C3\SC(=Nc4ccccc4)N(c4ncccc4F)C3=O)o2)c1. The van der Waals surface area contributed by atoms with Gasteiger partial charge < -0.3 is 9.52 Å². The van der Waals surface area contributed by atoms with E-state index in [0.717, 1.165) is 16.7 Å². The largest absolute Gasteiger partial charge is 0.478 e. The number of hydrogen-bond donors (Lipinski definition) is 1. The lowest BCUT2D eigenvalue weighted by atomic mass is 10.1. The topological polar surface area (TPSA) is 96.0 Å². The predicted molar refractivity (Wildman–Crippen MR) is 132 cm³/mol. The molecule has 1 aliphatic rings. The average Bonchev–Trinajstić information content (AvgIpc) is 3.45. The van der Waals surface area contributed by atoms with Gasteiger partial charge in [0.25, 0.3) is 5.91 Å². The summed E-state index contributed by atoms with van der Waals surface area (Å²) in [5, 5.41) is 9.48. The van der Waals surface area contributed by atoms with Crippen molar-refractivity contribution >= 4 is 46.4 Å². The van der Waals surface area contributed by atoms with Crippen LogP contribution in [0.4, 0.5) is 15.9 Å². The second kappa shape index (κ2) is 9.40. The number of amides is 1. The number of furan rings is 1. The Labute approximate surface area is 203 Å². The molecule has 35 heavy (non-hydrogen) atoms. The van der Waals surface area contributed by atoms with Crippen LogP contribution in [0.15, 0.2) is 99.4 Å². The molecule has 0 spiro atoms. The fourth-order valence-corrected chi connectivity index (χ4v) is 4.37. The zero-order chi connectivity index (χ0) is 24.4. The first-order valence-corrected chi connectivity index (χ1v) is 11.2. The Morgan fingerprint density at radius 3 is 2.66 bits per heavy atom. The van der Waals surface area contributed by atoms with Crippen LogP contribution in [0.1, 0.15) is 16.1 Å². The second-order valence-corrected chi connectivity index (χ2v) is 8.39. The molecule has 1 aliphatic heterocycles. The summed E-state index contributed by atoms with van der Waals surface area (Å²) in [6.07, 6.45) is 2.95. The number of halogens is 1. The van der Waals surface area contributed by atoms with E-state index in [9.17, 15) is 19.1 Å². The third-order valence-corrected chi connectivity index (χ3v) is 6.00. The van der Waals surface area contributed by atoms with Crippen molar-refractivity contribution in [2.24, 2.45) is 4.99 Å². The Hall–Kier alpha value is -4.50. The van der Waals surface area contributed by atoms with Crippen molar-refractivity contribution in [2.45, 2.75) is 0 Å². The van der Waals surface area contributed by atoms with Crippen molar-refractivity contribution in [3.63, 3.8) is 0 Å².